The van der Waals surface area contributed by atoms with Crippen molar-refractivity contribution in [3.8, 4) is 0 Å². The highest BCUT2D eigenvalue weighted by Crippen LogP contribution is 2.21. The van der Waals surface area contributed by atoms with E-state index in [1.807, 2.05) is 12.1 Å². The molecule has 1 saturated heterocycles. The van der Waals surface area contributed by atoms with Gasteiger partial charge in [0, 0.05) is 32.0 Å². The predicted molar refractivity (Wildman–Crippen MR) is 80.4 cm³/mol. The zero-order chi connectivity index (χ0) is 16.2. The zero-order valence-electron chi connectivity index (χ0n) is 12.3. The maximum Gasteiger partial charge on any atom is 0.389 e. The first-order chi connectivity index (χ1) is 11.1. The molecule has 1 N–H and O–H groups in total. The van der Waals surface area contributed by atoms with Crippen molar-refractivity contribution in [3.63, 3.8) is 0 Å². The highest BCUT2D eigenvalue weighted by Gasteiger charge is 2.28. The predicted octanol–water partition coefficient (Wildman–Crippen LogP) is 0.359. The molecule has 0 aliphatic carbocycles. The van der Waals surface area contributed by atoms with E-state index in [-0.39, 0.29) is 24.3 Å². The third-order valence-corrected chi connectivity index (χ3v) is 3.74. The molecular weight excluding hydrogens is 300 g/mol. The Hall–Kier alpha value is -2.81. The molecule has 120 valence electrons. The van der Waals surface area contributed by atoms with Gasteiger partial charge in [-0.05, 0) is 16.6 Å². The van der Waals surface area contributed by atoms with Gasteiger partial charge in [0.1, 0.15) is 6.54 Å². The van der Waals surface area contributed by atoms with Crippen LogP contribution < -0.4 is 5.32 Å². The van der Waals surface area contributed by atoms with Gasteiger partial charge in [0.25, 0.3) is 0 Å². The first kappa shape index (κ1) is 15.1. The largest absolute Gasteiger partial charge is 0.389 e. The second kappa shape index (κ2) is 6.53. The number of nitro groups is 1. The van der Waals surface area contributed by atoms with Crippen LogP contribution in [0.4, 0.5) is 5.82 Å². The molecule has 0 saturated carbocycles. The van der Waals surface area contributed by atoms with Crippen LogP contribution in [-0.4, -0.2) is 50.1 Å². The van der Waals surface area contributed by atoms with Gasteiger partial charge in [0.05, 0.1) is 23.4 Å². The lowest BCUT2D eigenvalue weighted by atomic mass is 10.1. The molecule has 1 aliphatic heterocycles. The molecule has 1 atom stereocenters. The number of aromatic nitrogens is 3. The number of amides is 1. The Labute approximate surface area is 132 Å². The van der Waals surface area contributed by atoms with Gasteiger partial charge < -0.3 is 20.3 Å². The number of hydrogen-bond donors (Lipinski definition) is 1. The summed E-state index contributed by atoms with van der Waals surface area (Å²) in [5.41, 5.74) is 0.958. The lowest BCUT2D eigenvalue weighted by molar-refractivity contribution is -0.389. The first-order valence-electron chi connectivity index (χ1n) is 7.23. The Kier molecular flexibility index (Phi) is 4.29. The number of rotatable bonds is 4. The topological polar surface area (TPSA) is 106 Å². The van der Waals surface area contributed by atoms with E-state index in [0.29, 0.717) is 19.6 Å². The molecule has 23 heavy (non-hydrogen) atoms. The van der Waals surface area contributed by atoms with Crippen molar-refractivity contribution in [1.29, 1.82) is 0 Å². The molecule has 9 nitrogen and oxygen atoms in total. The van der Waals surface area contributed by atoms with E-state index in [1.165, 1.54) is 16.9 Å². The Balaban J connectivity index is 1.74. The summed E-state index contributed by atoms with van der Waals surface area (Å²) in [6.07, 6.45) is 4.88. The molecule has 2 aromatic heterocycles. The molecule has 0 spiro atoms. The van der Waals surface area contributed by atoms with Gasteiger partial charge in [-0.2, -0.15) is 4.68 Å². The van der Waals surface area contributed by atoms with Crippen LogP contribution in [0.2, 0.25) is 0 Å². The van der Waals surface area contributed by atoms with Crippen molar-refractivity contribution in [2.75, 3.05) is 19.6 Å². The van der Waals surface area contributed by atoms with Gasteiger partial charge in [-0.3, -0.25) is 9.78 Å². The van der Waals surface area contributed by atoms with Crippen molar-refractivity contribution in [1.82, 2.24) is 25.0 Å². The van der Waals surface area contributed by atoms with Crippen LogP contribution in [-0.2, 0) is 11.3 Å². The van der Waals surface area contributed by atoms with E-state index in [2.05, 4.69) is 15.4 Å². The van der Waals surface area contributed by atoms with E-state index in [4.69, 9.17) is 0 Å². The summed E-state index contributed by atoms with van der Waals surface area (Å²) in [5.74, 6) is -0.389. The van der Waals surface area contributed by atoms with Crippen LogP contribution in [0.15, 0.2) is 36.8 Å². The summed E-state index contributed by atoms with van der Waals surface area (Å²) in [7, 11) is 0. The summed E-state index contributed by atoms with van der Waals surface area (Å²) < 4.78 is 1.29. The van der Waals surface area contributed by atoms with Crippen LogP contribution in [0.25, 0.3) is 0 Å². The molecule has 2 aromatic rings. The third-order valence-electron chi connectivity index (χ3n) is 3.74. The molecule has 1 aliphatic rings. The average Bonchev–Trinajstić information content (AvgIpc) is 3.04. The minimum absolute atomic E-state index is 0.0232. The summed E-state index contributed by atoms with van der Waals surface area (Å²) in [6.45, 7) is 1.91. The van der Waals surface area contributed by atoms with E-state index in [9.17, 15) is 14.9 Å². The summed E-state index contributed by atoms with van der Waals surface area (Å²) in [4.78, 5) is 28.5. The number of hydrogen-bond acceptors (Lipinski definition) is 6. The highest BCUT2D eigenvalue weighted by molar-refractivity contribution is 5.76. The quantitative estimate of drug-likeness (QED) is 0.645. The second-order valence-corrected chi connectivity index (χ2v) is 5.22. The second-order valence-electron chi connectivity index (χ2n) is 5.22. The van der Waals surface area contributed by atoms with E-state index < -0.39 is 4.92 Å². The normalized spacial score (nSPS) is 17.9. The SMILES string of the molecule is O=C(Cn1ccc([N+](=O)[O-])n1)N1CCNCC1c1cccnc1. The summed E-state index contributed by atoms with van der Waals surface area (Å²) in [5, 5.41) is 17.7. The van der Waals surface area contributed by atoms with Gasteiger partial charge >= 0.3 is 5.82 Å². The van der Waals surface area contributed by atoms with E-state index in [1.54, 1.807) is 17.3 Å². The number of carbonyl (C=O) groups excluding carboxylic acids is 1. The fourth-order valence-corrected chi connectivity index (χ4v) is 2.64. The molecule has 1 fully saturated rings. The minimum Gasteiger partial charge on any atom is -0.358 e. The van der Waals surface area contributed by atoms with Crippen molar-refractivity contribution in [3.05, 3.63) is 52.5 Å². The number of pyridine rings is 1. The molecule has 3 heterocycles. The molecule has 9 heteroatoms. The van der Waals surface area contributed by atoms with Crippen molar-refractivity contribution >= 4 is 11.7 Å². The van der Waals surface area contributed by atoms with Gasteiger partial charge in [0.2, 0.25) is 5.91 Å². The molecule has 1 amide bonds. The zero-order valence-corrected chi connectivity index (χ0v) is 12.3. The highest BCUT2D eigenvalue weighted by atomic mass is 16.6. The first-order valence-corrected chi connectivity index (χ1v) is 7.23. The van der Waals surface area contributed by atoms with E-state index >= 15 is 0 Å². The average molecular weight is 316 g/mol. The minimum atomic E-state index is -0.579. The van der Waals surface area contributed by atoms with Gasteiger partial charge in [-0.1, -0.05) is 6.07 Å². The fourth-order valence-electron chi connectivity index (χ4n) is 2.64. The number of nitrogens with zero attached hydrogens (tertiary/aromatic N) is 5. The molecule has 1 unspecified atom stereocenters. The van der Waals surface area contributed by atoms with Gasteiger partial charge in [-0.25, -0.2) is 0 Å². The van der Waals surface area contributed by atoms with Crippen LogP contribution in [0.5, 0.6) is 0 Å². The van der Waals surface area contributed by atoms with Crippen molar-refractivity contribution in [2.24, 2.45) is 0 Å². The monoisotopic (exact) mass is 316 g/mol. The smallest absolute Gasteiger partial charge is 0.358 e. The number of carbonyl (C=O) groups is 1. The maximum atomic E-state index is 12.6. The van der Waals surface area contributed by atoms with Crippen LogP contribution >= 0.6 is 0 Å². The van der Waals surface area contributed by atoms with Gasteiger partial charge in [-0.15, -0.1) is 0 Å². The molecule has 0 bridgehead atoms. The van der Waals surface area contributed by atoms with Crippen LogP contribution in [0.3, 0.4) is 0 Å². The third kappa shape index (κ3) is 3.34. The summed E-state index contributed by atoms with van der Waals surface area (Å²) in [6, 6.07) is 4.95. The fraction of sp³-hybridized carbons (Fsp3) is 0.357. The standard InChI is InChI=1S/C14H16N6O3/c21-14(10-18-6-3-13(17-18)20(22)23)19-7-5-16-9-12(19)11-2-1-4-15-8-11/h1-4,6,8,12,16H,5,7,9-10H2. The maximum absolute atomic E-state index is 12.6. The molecule has 0 aromatic carbocycles. The van der Waals surface area contributed by atoms with Gasteiger partial charge in [0.15, 0.2) is 0 Å². The Morgan fingerprint density at radius 2 is 2.35 bits per heavy atom. The van der Waals surface area contributed by atoms with Crippen LogP contribution in [0, 0.1) is 10.1 Å². The Morgan fingerprint density at radius 1 is 1.48 bits per heavy atom. The Bertz CT molecular complexity index is 702. The summed E-state index contributed by atoms with van der Waals surface area (Å²) >= 11 is 0. The molecule has 3 rings (SSSR count). The lowest BCUT2D eigenvalue weighted by Gasteiger charge is -2.36. The lowest BCUT2D eigenvalue weighted by Crippen LogP contribution is -2.49. The van der Waals surface area contributed by atoms with Crippen molar-refractivity contribution < 1.29 is 9.72 Å². The number of piperazine rings is 1. The Morgan fingerprint density at radius 3 is 3.04 bits per heavy atom. The number of nitrogens with one attached hydrogen (secondary N) is 1. The molecule has 0 radical (unpaired) electrons. The molecular formula is C14H16N6O3. The van der Waals surface area contributed by atoms with Crippen molar-refractivity contribution in [2.45, 2.75) is 12.6 Å². The van der Waals surface area contributed by atoms with Crippen LogP contribution in [0.1, 0.15) is 11.6 Å². The van der Waals surface area contributed by atoms with E-state index in [0.717, 1.165) is 5.56 Å².